The molecule has 0 fully saturated rings. The standard InChI is InChI=1S/C27H46N4O8/c1-11-20-18-29-21(19-28-20)30(22(32)37-25(2,3)4)12-14-35-16-17-36-15-13-31(23(33)38-26(5,6)7)24(34)39-27(8,9)10/h18-19H,11-17H2,1-10H3. The third-order valence-electron chi connectivity index (χ3n) is 4.46. The molecular formula is C27H46N4O8. The average molecular weight is 555 g/mol. The molecule has 222 valence electrons. The van der Waals surface area contributed by atoms with Gasteiger partial charge in [-0.15, -0.1) is 0 Å². The maximum absolute atomic E-state index is 12.7. The van der Waals surface area contributed by atoms with E-state index in [0.717, 1.165) is 17.0 Å². The summed E-state index contributed by atoms with van der Waals surface area (Å²) in [5.41, 5.74) is -1.41. The van der Waals surface area contributed by atoms with Crippen LogP contribution in [0.4, 0.5) is 20.2 Å². The number of aryl methyl sites for hydroxylation is 1. The average Bonchev–Trinajstić information content (AvgIpc) is 2.76. The molecule has 0 aliphatic carbocycles. The van der Waals surface area contributed by atoms with E-state index in [2.05, 4.69) is 9.97 Å². The molecule has 0 aromatic carbocycles. The van der Waals surface area contributed by atoms with Gasteiger partial charge in [0, 0.05) is 0 Å². The zero-order valence-electron chi connectivity index (χ0n) is 25.2. The van der Waals surface area contributed by atoms with E-state index in [0.29, 0.717) is 5.82 Å². The summed E-state index contributed by atoms with van der Waals surface area (Å²) in [6.07, 6.45) is 1.72. The Labute approximate surface area is 232 Å². The number of imide groups is 1. The van der Waals surface area contributed by atoms with Gasteiger partial charge in [0.25, 0.3) is 0 Å². The molecule has 0 saturated heterocycles. The predicted octanol–water partition coefficient (Wildman–Crippen LogP) is 4.99. The first-order valence-electron chi connectivity index (χ1n) is 13.1. The van der Waals surface area contributed by atoms with Crippen LogP contribution in [0, 0.1) is 0 Å². The van der Waals surface area contributed by atoms with Crippen molar-refractivity contribution in [3.63, 3.8) is 0 Å². The summed E-state index contributed by atoms with van der Waals surface area (Å²) in [4.78, 5) is 48.7. The summed E-state index contributed by atoms with van der Waals surface area (Å²) in [6.45, 7) is 18.4. The zero-order valence-corrected chi connectivity index (χ0v) is 25.2. The van der Waals surface area contributed by atoms with Crippen LogP contribution in [0.1, 0.15) is 74.9 Å². The van der Waals surface area contributed by atoms with Crippen molar-refractivity contribution < 1.29 is 38.1 Å². The number of carbonyl (C=O) groups is 3. The van der Waals surface area contributed by atoms with Gasteiger partial charge in [-0.2, -0.15) is 0 Å². The van der Waals surface area contributed by atoms with Crippen molar-refractivity contribution in [3.05, 3.63) is 18.1 Å². The summed E-state index contributed by atoms with van der Waals surface area (Å²) >= 11 is 0. The van der Waals surface area contributed by atoms with Crippen molar-refractivity contribution in [2.75, 3.05) is 44.4 Å². The lowest BCUT2D eigenvalue weighted by Gasteiger charge is -2.28. The van der Waals surface area contributed by atoms with Crippen molar-refractivity contribution in [2.24, 2.45) is 0 Å². The third-order valence-corrected chi connectivity index (χ3v) is 4.46. The fraction of sp³-hybridized carbons (Fsp3) is 0.741. The highest BCUT2D eigenvalue weighted by Gasteiger charge is 2.31. The Bertz CT molecular complexity index is 890. The van der Waals surface area contributed by atoms with Gasteiger partial charge in [0.1, 0.15) is 16.8 Å². The lowest BCUT2D eigenvalue weighted by molar-refractivity contribution is -0.00796. The minimum absolute atomic E-state index is 0.0529. The topological polar surface area (TPSA) is 130 Å². The molecule has 0 bridgehead atoms. The maximum atomic E-state index is 12.7. The molecule has 0 aliphatic heterocycles. The van der Waals surface area contributed by atoms with Gasteiger partial charge in [-0.05, 0) is 68.7 Å². The Balaban J connectivity index is 2.58. The molecule has 0 unspecified atom stereocenters. The van der Waals surface area contributed by atoms with Crippen LogP contribution in [0.2, 0.25) is 0 Å². The molecule has 3 amide bonds. The normalized spacial score (nSPS) is 12.1. The first-order valence-corrected chi connectivity index (χ1v) is 13.1. The molecule has 12 heteroatoms. The molecule has 0 saturated carbocycles. The summed E-state index contributed by atoms with van der Waals surface area (Å²) in [6, 6.07) is 0. The van der Waals surface area contributed by atoms with E-state index in [9.17, 15) is 14.4 Å². The SMILES string of the molecule is CCc1cnc(N(CCOCCOCCN(C(=O)OC(C)(C)C)C(=O)OC(C)(C)C)C(=O)OC(C)(C)C)cn1. The van der Waals surface area contributed by atoms with Gasteiger partial charge in [-0.3, -0.25) is 9.88 Å². The summed E-state index contributed by atoms with van der Waals surface area (Å²) in [5, 5.41) is 0. The Morgan fingerprint density at radius 3 is 1.54 bits per heavy atom. The fourth-order valence-corrected chi connectivity index (χ4v) is 2.81. The largest absolute Gasteiger partial charge is 0.443 e. The molecule has 1 aromatic rings. The van der Waals surface area contributed by atoms with Crippen molar-refractivity contribution in [1.29, 1.82) is 0 Å². The smallest absolute Gasteiger partial charge is 0.419 e. The van der Waals surface area contributed by atoms with Crippen LogP contribution in [0.5, 0.6) is 0 Å². The second kappa shape index (κ2) is 15.0. The minimum atomic E-state index is -0.811. The molecule has 12 nitrogen and oxygen atoms in total. The van der Waals surface area contributed by atoms with Gasteiger partial charge in [0.15, 0.2) is 5.82 Å². The second-order valence-corrected chi connectivity index (χ2v) is 11.7. The molecule has 0 spiro atoms. The van der Waals surface area contributed by atoms with Crippen LogP contribution in [0.3, 0.4) is 0 Å². The number of amides is 3. The molecule has 39 heavy (non-hydrogen) atoms. The summed E-state index contributed by atoms with van der Waals surface area (Å²) in [7, 11) is 0. The van der Waals surface area contributed by atoms with Crippen LogP contribution in [-0.4, -0.2) is 89.5 Å². The number of aromatic nitrogens is 2. The Hall–Kier alpha value is -2.99. The number of hydrogen-bond donors (Lipinski definition) is 0. The molecular weight excluding hydrogens is 508 g/mol. The minimum Gasteiger partial charge on any atom is -0.443 e. The summed E-state index contributed by atoms with van der Waals surface area (Å²) < 4.78 is 27.3. The fourth-order valence-electron chi connectivity index (χ4n) is 2.81. The van der Waals surface area contributed by atoms with E-state index in [1.807, 2.05) is 6.92 Å². The van der Waals surface area contributed by atoms with Crippen LogP contribution < -0.4 is 4.90 Å². The molecule has 1 heterocycles. The highest BCUT2D eigenvalue weighted by Crippen LogP contribution is 2.16. The number of ether oxygens (including phenoxy) is 5. The van der Waals surface area contributed by atoms with Gasteiger partial charge >= 0.3 is 18.3 Å². The van der Waals surface area contributed by atoms with E-state index in [4.69, 9.17) is 23.7 Å². The molecule has 0 radical (unpaired) electrons. The molecule has 1 rings (SSSR count). The monoisotopic (exact) mass is 554 g/mol. The van der Waals surface area contributed by atoms with E-state index in [-0.39, 0.29) is 39.5 Å². The number of nitrogens with zero attached hydrogens (tertiary/aromatic N) is 4. The quantitative estimate of drug-likeness (QED) is 0.272. The van der Waals surface area contributed by atoms with Crippen LogP contribution >= 0.6 is 0 Å². The number of anilines is 1. The number of rotatable bonds is 11. The van der Waals surface area contributed by atoms with Gasteiger partial charge in [0.05, 0.1) is 57.6 Å². The molecule has 1 aromatic heterocycles. The van der Waals surface area contributed by atoms with Crippen LogP contribution in [0.25, 0.3) is 0 Å². The van der Waals surface area contributed by atoms with Crippen LogP contribution in [0.15, 0.2) is 12.4 Å². The van der Waals surface area contributed by atoms with Crippen molar-refractivity contribution in [3.8, 4) is 0 Å². The van der Waals surface area contributed by atoms with Gasteiger partial charge in [-0.1, -0.05) is 6.92 Å². The highest BCUT2D eigenvalue weighted by atomic mass is 16.6. The molecule has 0 atom stereocenters. The Morgan fingerprint density at radius 1 is 0.667 bits per heavy atom. The van der Waals surface area contributed by atoms with E-state index in [1.165, 1.54) is 11.1 Å². The van der Waals surface area contributed by atoms with Crippen molar-refractivity contribution in [2.45, 2.75) is 92.5 Å². The molecule has 0 N–H and O–H groups in total. The Kier molecular flexibility index (Phi) is 13.1. The third kappa shape index (κ3) is 14.7. The highest BCUT2D eigenvalue weighted by molar-refractivity contribution is 5.88. The van der Waals surface area contributed by atoms with Gasteiger partial charge in [-0.25, -0.2) is 24.3 Å². The first-order chi connectivity index (χ1) is 17.9. The van der Waals surface area contributed by atoms with Crippen molar-refractivity contribution in [1.82, 2.24) is 14.9 Å². The van der Waals surface area contributed by atoms with Crippen molar-refractivity contribution >= 4 is 24.1 Å². The van der Waals surface area contributed by atoms with Gasteiger partial charge < -0.3 is 23.7 Å². The number of hydrogen-bond acceptors (Lipinski definition) is 10. The predicted molar refractivity (Wildman–Crippen MR) is 146 cm³/mol. The van der Waals surface area contributed by atoms with Gasteiger partial charge in [0.2, 0.25) is 0 Å². The zero-order chi connectivity index (χ0) is 29.9. The molecule has 0 aliphatic rings. The lowest BCUT2D eigenvalue weighted by Crippen LogP contribution is -2.45. The van der Waals surface area contributed by atoms with Crippen LogP contribution in [-0.2, 0) is 30.1 Å². The second-order valence-electron chi connectivity index (χ2n) is 11.7. The Morgan fingerprint density at radius 2 is 1.13 bits per heavy atom. The lowest BCUT2D eigenvalue weighted by atomic mass is 10.2. The van der Waals surface area contributed by atoms with E-state index < -0.39 is 35.1 Å². The number of carbonyl (C=O) groups excluding carboxylic acids is 3. The van der Waals surface area contributed by atoms with E-state index >= 15 is 0 Å². The maximum Gasteiger partial charge on any atom is 0.419 e. The summed E-state index contributed by atoms with van der Waals surface area (Å²) in [5.74, 6) is 0.366. The first kappa shape index (κ1) is 34.0. The van der Waals surface area contributed by atoms with E-state index in [1.54, 1.807) is 68.5 Å².